The Morgan fingerprint density at radius 3 is 2.75 bits per heavy atom. The molecule has 0 aliphatic carbocycles. The van der Waals surface area contributed by atoms with Crippen molar-refractivity contribution in [2.75, 3.05) is 25.1 Å². The van der Waals surface area contributed by atoms with E-state index in [9.17, 15) is 4.79 Å². The maximum absolute atomic E-state index is 11.1. The molecular weight excluding hydrogens is 204 g/mol. The van der Waals surface area contributed by atoms with Gasteiger partial charge in [0.2, 0.25) is 0 Å². The summed E-state index contributed by atoms with van der Waals surface area (Å²) in [6, 6.07) is 3.92. The molecule has 86 valence electrons. The summed E-state index contributed by atoms with van der Waals surface area (Å²) >= 11 is 0. The van der Waals surface area contributed by atoms with Gasteiger partial charge in [0.1, 0.15) is 5.82 Å². The van der Waals surface area contributed by atoms with Gasteiger partial charge in [-0.25, -0.2) is 4.98 Å². The van der Waals surface area contributed by atoms with Crippen molar-refractivity contribution in [2.24, 2.45) is 0 Å². The molecule has 0 radical (unpaired) electrons. The molecule has 0 atom stereocenters. The fourth-order valence-electron chi connectivity index (χ4n) is 1.89. The number of nitrogens with zero attached hydrogens (tertiary/aromatic N) is 2. The van der Waals surface area contributed by atoms with Crippen molar-refractivity contribution in [3.63, 3.8) is 0 Å². The van der Waals surface area contributed by atoms with E-state index < -0.39 is 0 Å². The first-order chi connectivity index (χ1) is 7.79. The highest BCUT2D eigenvalue weighted by molar-refractivity contribution is 5.72. The van der Waals surface area contributed by atoms with Crippen molar-refractivity contribution in [1.29, 1.82) is 0 Å². The number of aromatic nitrogens is 1. The van der Waals surface area contributed by atoms with Crippen molar-refractivity contribution in [2.45, 2.75) is 19.3 Å². The Morgan fingerprint density at radius 2 is 2.19 bits per heavy atom. The molecule has 1 fully saturated rings. The summed E-state index contributed by atoms with van der Waals surface area (Å²) in [5, 5.41) is 0. The van der Waals surface area contributed by atoms with Gasteiger partial charge in [-0.15, -0.1) is 0 Å². The summed E-state index contributed by atoms with van der Waals surface area (Å²) in [7, 11) is 1.40. The van der Waals surface area contributed by atoms with E-state index in [0.29, 0.717) is 6.42 Å². The Labute approximate surface area is 95.2 Å². The topological polar surface area (TPSA) is 42.4 Å². The molecule has 0 N–H and O–H groups in total. The van der Waals surface area contributed by atoms with Gasteiger partial charge in [-0.05, 0) is 24.5 Å². The van der Waals surface area contributed by atoms with Crippen LogP contribution < -0.4 is 4.90 Å². The molecule has 0 spiro atoms. The van der Waals surface area contributed by atoms with E-state index in [1.54, 1.807) is 6.20 Å². The molecule has 0 bridgehead atoms. The van der Waals surface area contributed by atoms with Gasteiger partial charge < -0.3 is 9.64 Å². The summed E-state index contributed by atoms with van der Waals surface area (Å²) in [5.74, 6) is 0.779. The van der Waals surface area contributed by atoms with Gasteiger partial charge in [0, 0.05) is 19.3 Å². The highest BCUT2D eigenvalue weighted by Gasteiger charge is 2.13. The molecule has 2 heterocycles. The van der Waals surface area contributed by atoms with Crippen molar-refractivity contribution in [1.82, 2.24) is 4.98 Å². The molecule has 4 nitrogen and oxygen atoms in total. The SMILES string of the molecule is COC(=O)Cc1ccc(N2CCCC2)nc1. The summed E-state index contributed by atoms with van der Waals surface area (Å²) < 4.78 is 4.61. The lowest BCUT2D eigenvalue weighted by atomic mass is 10.2. The molecule has 1 saturated heterocycles. The van der Waals surface area contributed by atoms with E-state index in [1.165, 1.54) is 20.0 Å². The zero-order chi connectivity index (χ0) is 11.4. The number of carbonyl (C=O) groups excluding carboxylic acids is 1. The molecule has 16 heavy (non-hydrogen) atoms. The first-order valence-electron chi connectivity index (χ1n) is 5.56. The van der Waals surface area contributed by atoms with Crippen molar-refractivity contribution in [3.05, 3.63) is 23.9 Å². The van der Waals surface area contributed by atoms with Crippen LogP contribution in [0.5, 0.6) is 0 Å². The molecule has 1 aliphatic heterocycles. The first kappa shape index (κ1) is 10.9. The molecular formula is C12H16N2O2. The number of pyridine rings is 1. The van der Waals surface area contributed by atoms with Crippen LogP contribution >= 0.6 is 0 Å². The second-order valence-electron chi connectivity index (χ2n) is 3.97. The van der Waals surface area contributed by atoms with Gasteiger partial charge in [0.15, 0.2) is 0 Å². The van der Waals surface area contributed by atoms with Gasteiger partial charge in [0.25, 0.3) is 0 Å². The van der Waals surface area contributed by atoms with Crippen LogP contribution in [0.25, 0.3) is 0 Å². The first-order valence-corrected chi connectivity index (χ1v) is 5.56. The van der Waals surface area contributed by atoms with E-state index in [-0.39, 0.29) is 5.97 Å². The van der Waals surface area contributed by atoms with Crippen LogP contribution in [-0.4, -0.2) is 31.2 Å². The minimum Gasteiger partial charge on any atom is -0.469 e. The quantitative estimate of drug-likeness (QED) is 0.722. The minimum atomic E-state index is -0.226. The Balaban J connectivity index is 2.01. The molecule has 2 rings (SSSR count). The zero-order valence-electron chi connectivity index (χ0n) is 9.48. The van der Waals surface area contributed by atoms with Crippen LogP contribution in [0, 0.1) is 0 Å². The highest BCUT2D eigenvalue weighted by Crippen LogP contribution is 2.17. The Bertz CT molecular complexity index is 356. The number of hydrogen-bond donors (Lipinski definition) is 0. The number of methoxy groups -OCH3 is 1. The van der Waals surface area contributed by atoms with Crippen LogP contribution in [0.3, 0.4) is 0 Å². The minimum absolute atomic E-state index is 0.226. The number of hydrogen-bond acceptors (Lipinski definition) is 4. The summed E-state index contributed by atoms with van der Waals surface area (Å²) in [6.45, 7) is 2.17. The summed E-state index contributed by atoms with van der Waals surface area (Å²) in [5.41, 5.74) is 0.898. The largest absolute Gasteiger partial charge is 0.469 e. The van der Waals surface area contributed by atoms with E-state index >= 15 is 0 Å². The van der Waals surface area contributed by atoms with Crippen LogP contribution in [0.15, 0.2) is 18.3 Å². The fourth-order valence-corrected chi connectivity index (χ4v) is 1.89. The van der Waals surface area contributed by atoms with Gasteiger partial charge in [-0.2, -0.15) is 0 Å². The molecule has 0 unspecified atom stereocenters. The lowest BCUT2D eigenvalue weighted by Crippen LogP contribution is -2.18. The van der Waals surface area contributed by atoms with Gasteiger partial charge in [0.05, 0.1) is 13.5 Å². The maximum atomic E-state index is 11.1. The average Bonchev–Trinajstić information content (AvgIpc) is 2.83. The number of esters is 1. The maximum Gasteiger partial charge on any atom is 0.310 e. The van der Waals surface area contributed by atoms with Crippen LogP contribution in [0.1, 0.15) is 18.4 Å². The molecule has 1 aromatic heterocycles. The predicted molar refractivity (Wildman–Crippen MR) is 61.4 cm³/mol. The summed E-state index contributed by atoms with van der Waals surface area (Å²) in [4.78, 5) is 17.7. The second kappa shape index (κ2) is 4.96. The number of anilines is 1. The van der Waals surface area contributed by atoms with E-state index in [2.05, 4.69) is 14.6 Å². The van der Waals surface area contributed by atoms with Crippen molar-refractivity contribution < 1.29 is 9.53 Å². The van der Waals surface area contributed by atoms with Gasteiger partial charge >= 0.3 is 5.97 Å². The van der Waals surface area contributed by atoms with E-state index in [0.717, 1.165) is 24.5 Å². The molecule has 0 amide bonds. The molecule has 0 saturated carbocycles. The third-order valence-electron chi connectivity index (χ3n) is 2.82. The van der Waals surface area contributed by atoms with Gasteiger partial charge in [-0.1, -0.05) is 6.07 Å². The Hall–Kier alpha value is -1.58. The van der Waals surface area contributed by atoms with Gasteiger partial charge in [-0.3, -0.25) is 4.79 Å². The van der Waals surface area contributed by atoms with Crippen LogP contribution in [0.2, 0.25) is 0 Å². The Morgan fingerprint density at radius 1 is 1.44 bits per heavy atom. The smallest absolute Gasteiger partial charge is 0.310 e. The predicted octanol–water partition coefficient (Wildman–Crippen LogP) is 1.40. The highest BCUT2D eigenvalue weighted by atomic mass is 16.5. The van der Waals surface area contributed by atoms with Crippen LogP contribution in [0.4, 0.5) is 5.82 Å². The number of rotatable bonds is 3. The Kier molecular flexibility index (Phi) is 3.39. The van der Waals surface area contributed by atoms with Crippen molar-refractivity contribution in [3.8, 4) is 0 Å². The van der Waals surface area contributed by atoms with Crippen LogP contribution in [-0.2, 0) is 16.0 Å². The zero-order valence-corrected chi connectivity index (χ0v) is 9.48. The normalized spacial score (nSPS) is 15.2. The van der Waals surface area contributed by atoms with E-state index in [4.69, 9.17) is 0 Å². The lowest BCUT2D eigenvalue weighted by molar-refractivity contribution is -0.139. The molecule has 1 aliphatic rings. The fraction of sp³-hybridized carbons (Fsp3) is 0.500. The average molecular weight is 220 g/mol. The van der Waals surface area contributed by atoms with E-state index in [1.807, 2.05) is 12.1 Å². The summed E-state index contributed by atoms with van der Waals surface area (Å²) in [6.07, 6.45) is 4.53. The number of ether oxygens (including phenoxy) is 1. The third kappa shape index (κ3) is 2.51. The standard InChI is InChI=1S/C12H16N2O2/c1-16-12(15)8-10-4-5-11(13-9-10)14-6-2-3-7-14/h4-5,9H,2-3,6-8H2,1H3. The lowest BCUT2D eigenvalue weighted by Gasteiger charge is -2.16. The molecule has 4 heteroatoms. The molecule has 1 aromatic rings. The number of carbonyl (C=O) groups is 1. The van der Waals surface area contributed by atoms with Crippen molar-refractivity contribution >= 4 is 11.8 Å². The second-order valence-corrected chi connectivity index (χ2v) is 3.97. The molecule has 0 aromatic carbocycles. The third-order valence-corrected chi connectivity index (χ3v) is 2.82. The monoisotopic (exact) mass is 220 g/mol.